The highest BCUT2D eigenvalue weighted by atomic mass is 16.6. The highest BCUT2D eigenvalue weighted by Gasteiger charge is 2.36. The van der Waals surface area contributed by atoms with Gasteiger partial charge in [0.2, 0.25) is 0 Å². The van der Waals surface area contributed by atoms with Gasteiger partial charge < -0.3 is 19.3 Å². The molecule has 0 saturated heterocycles. The van der Waals surface area contributed by atoms with Crippen molar-refractivity contribution >= 4 is 28.9 Å². The minimum atomic E-state index is -0.801. The number of aliphatic hydroxyl groups is 1. The summed E-state index contributed by atoms with van der Waals surface area (Å²) < 4.78 is 15.1. The first-order valence-electron chi connectivity index (χ1n) is 8.61. The van der Waals surface area contributed by atoms with E-state index in [0.29, 0.717) is 22.4 Å². The molecule has 1 aliphatic rings. The van der Waals surface area contributed by atoms with Gasteiger partial charge in [0, 0.05) is 5.56 Å². The van der Waals surface area contributed by atoms with E-state index in [1.165, 1.54) is 45.4 Å². The average Bonchev–Trinajstić information content (AvgIpc) is 3.02. The van der Waals surface area contributed by atoms with Crippen LogP contribution < -0.4 is 4.74 Å². The van der Waals surface area contributed by atoms with Crippen LogP contribution in [0.4, 0.5) is 0 Å². The van der Waals surface area contributed by atoms with Crippen molar-refractivity contribution in [1.29, 1.82) is 0 Å². The third kappa shape index (κ3) is 3.75. The van der Waals surface area contributed by atoms with Gasteiger partial charge in [-0.05, 0) is 30.2 Å². The first-order chi connectivity index (χ1) is 13.9. The van der Waals surface area contributed by atoms with Crippen molar-refractivity contribution in [2.75, 3.05) is 14.2 Å². The standard InChI is InChI=1S/C22H18O7/c1-12(23)13-4-6-15(7-5-13)18(21(25)28-3)20-19(24)17(22(26)29-20)14-8-10-16(27-2)11-9-14/h4-11,24H,1-3H3/b20-18+. The minimum Gasteiger partial charge on any atom is -0.504 e. The van der Waals surface area contributed by atoms with Crippen molar-refractivity contribution in [3.05, 3.63) is 76.7 Å². The Hall–Kier alpha value is -3.87. The summed E-state index contributed by atoms with van der Waals surface area (Å²) in [5, 5.41) is 10.7. The quantitative estimate of drug-likeness (QED) is 0.472. The summed E-state index contributed by atoms with van der Waals surface area (Å²) >= 11 is 0. The van der Waals surface area contributed by atoms with E-state index in [0.717, 1.165) is 0 Å². The largest absolute Gasteiger partial charge is 0.504 e. The first kappa shape index (κ1) is 19.9. The number of ether oxygens (including phenoxy) is 3. The van der Waals surface area contributed by atoms with E-state index in [-0.39, 0.29) is 22.7 Å². The second-order valence-corrected chi connectivity index (χ2v) is 6.17. The number of carbonyl (C=O) groups excluding carboxylic acids is 3. The zero-order valence-electron chi connectivity index (χ0n) is 16.0. The van der Waals surface area contributed by atoms with Gasteiger partial charge in [-0.3, -0.25) is 4.79 Å². The molecular formula is C22H18O7. The van der Waals surface area contributed by atoms with Crippen LogP contribution in [0.3, 0.4) is 0 Å². The van der Waals surface area contributed by atoms with Crippen LogP contribution in [0.1, 0.15) is 28.4 Å². The number of ketones is 1. The molecule has 148 valence electrons. The number of Topliss-reactive ketones (excluding diaryl/α,β-unsaturated/α-hetero) is 1. The number of aliphatic hydroxyl groups excluding tert-OH is 1. The maximum absolute atomic E-state index is 12.4. The van der Waals surface area contributed by atoms with Gasteiger partial charge in [0.25, 0.3) is 0 Å². The first-order valence-corrected chi connectivity index (χ1v) is 8.61. The minimum absolute atomic E-state index is 0.0792. The molecule has 3 rings (SSSR count). The summed E-state index contributed by atoms with van der Waals surface area (Å²) in [6, 6.07) is 12.5. The van der Waals surface area contributed by atoms with Crippen LogP contribution in [0, 0.1) is 0 Å². The third-order valence-electron chi connectivity index (χ3n) is 4.43. The number of rotatable bonds is 5. The molecule has 1 heterocycles. The summed E-state index contributed by atoms with van der Waals surface area (Å²) in [4.78, 5) is 36.3. The monoisotopic (exact) mass is 394 g/mol. The molecule has 0 atom stereocenters. The third-order valence-corrected chi connectivity index (χ3v) is 4.43. The fourth-order valence-electron chi connectivity index (χ4n) is 2.90. The number of hydrogen-bond acceptors (Lipinski definition) is 7. The van der Waals surface area contributed by atoms with Crippen LogP contribution in [0.5, 0.6) is 5.75 Å². The highest BCUT2D eigenvalue weighted by molar-refractivity contribution is 6.25. The lowest BCUT2D eigenvalue weighted by molar-refractivity contribution is -0.134. The summed E-state index contributed by atoms with van der Waals surface area (Å²) in [6.45, 7) is 1.42. The van der Waals surface area contributed by atoms with Gasteiger partial charge in [-0.2, -0.15) is 0 Å². The van der Waals surface area contributed by atoms with Gasteiger partial charge in [-0.1, -0.05) is 36.4 Å². The predicted molar refractivity (Wildman–Crippen MR) is 104 cm³/mol. The molecule has 1 aliphatic heterocycles. The van der Waals surface area contributed by atoms with Crippen LogP contribution in [-0.2, 0) is 19.1 Å². The molecular weight excluding hydrogens is 376 g/mol. The van der Waals surface area contributed by atoms with Gasteiger partial charge in [-0.15, -0.1) is 0 Å². The van der Waals surface area contributed by atoms with Crippen molar-refractivity contribution < 1.29 is 33.7 Å². The Morgan fingerprint density at radius 1 is 0.931 bits per heavy atom. The smallest absolute Gasteiger partial charge is 0.348 e. The second kappa shape index (κ2) is 8.02. The van der Waals surface area contributed by atoms with Crippen LogP contribution in [-0.4, -0.2) is 37.0 Å². The van der Waals surface area contributed by atoms with Crippen LogP contribution in [0.2, 0.25) is 0 Å². The van der Waals surface area contributed by atoms with Crippen molar-refractivity contribution in [2.24, 2.45) is 0 Å². The lowest BCUT2D eigenvalue weighted by atomic mass is 9.99. The molecule has 0 radical (unpaired) electrons. The maximum atomic E-state index is 12.4. The molecule has 0 spiro atoms. The molecule has 1 N–H and O–H groups in total. The molecule has 0 unspecified atom stereocenters. The zero-order chi connectivity index (χ0) is 21.1. The van der Waals surface area contributed by atoms with Gasteiger partial charge in [0.1, 0.15) is 16.9 Å². The Balaban J connectivity index is 2.15. The van der Waals surface area contributed by atoms with Crippen LogP contribution in [0.15, 0.2) is 60.0 Å². The molecule has 2 aromatic carbocycles. The van der Waals surface area contributed by atoms with Crippen molar-refractivity contribution in [3.63, 3.8) is 0 Å². The molecule has 7 heteroatoms. The zero-order valence-corrected chi connectivity index (χ0v) is 16.0. The van der Waals surface area contributed by atoms with Crippen molar-refractivity contribution in [2.45, 2.75) is 6.92 Å². The average molecular weight is 394 g/mol. The van der Waals surface area contributed by atoms with E-state index in [2.05, 4.69) is 0 Å². The number of hydrogen-bond donors (Lipinski definition) is 1. The van der Waals surface area contributed by atoms with Crippen LogP contribution >= 0.6 is 0 Å². The van der Waals surface area contributed by atoms with Crippen LogP contribution in [0.25, 0.3) is 11.1 Å². The van der Waals surface area contributed by atoms with Crippen molar-refractivity contribution in [1.82, 2.24) is 0 Å². The Morgan fingerprint density at radius 3 is 2.03 bits per heavy atom. The van der Waals surface area contributed by atoms with Gasteiger partial charge in [0.05, 0.1) is 14.2 Å². The Morgan fingerprint density at radius 2 is 1.52 bits per heavy atom. The van der Waals surface area contributed by atoms with E-state index in [9.17, 15) is 19.5 Å². The fraction of sp³-hybridized carbons (Fsp3) is 0.136. The molecule has 0 amide bonds. The second-order valence-electron chi connectivity index (χ2n) is 6.17. The van der Waals surface area contributed by atoms with E-state index in [1.807, 2.05) is 0 Å². The topological polar surface area (TPSA) is 99.1 Å². The van der Waals surface area contributed by atoms with E-state index >= 15 is 0 Å². The Kier molecular flexibility index (Phi) is 5.50. The number of cyclic esters (lactones) is 1. The number of carbonyl (C=O) groups is 3. The van der Waals surface area contributed by atoms with Gasteiger partial charge >= 0.3 is 11.9 Å². The van der Waals surface area contributed by atoms with Crippen molar-refractivity contribution in [3.8, 4) is 5.75 Å². The summed E-state index contributed by atoms with van der Waals surface area (Å²) in [7, 11) is 2.69. The number of benzene rings is 2. The lowest BCUT2D eigenvalue weighted by Gasteiger charge is -2.09. The summed E-state index contributed by atoms with van der Waals surface area (Å²) in [5.41, 5.74) is 0.970. The normalized spacial score (nSPS) is 15.1. The summed E-state index contributed by atoms with van der Waals surface area (Å²) in [5.74, 6) is -1.94. The van der Waals surface area contributed by atoms with E-state index in [1.54, 1.807) is 24.3 Å². The molecule has 2 aromatic rings. The molecule has 0 aromatic heterocycles. The molecule has 0 bridgehead atoms. The van der Waals surface area contributed by atoms with Gasteiger partial charge in [-0.25, -0.2) is 9.59 Å². The SMILES string of the molecule is COC(=O)/C(=C1/OC(=O)C(c2ccc(OC)cc2)=C1O)c1ccc(C(C)=O)cc1. The summed E-state index contributed by atoms with van der Waals surface area (Å²) in [6.07, 6.45) is 0. The Labute approximate surface area is 166 Å². The molecule has 7 nitrogen and oxygen atoms in total. The van der Waals surface area contributed by atoms with Gasteiger partial charge in [0.15, 0.2) is 17.3 Å². The Bertz CT molecular complexity index is 1040. The molecule has 0 fully saturated rings. The maximum Gasteiger partial charge on any atom is 0.348 e. The number of esters is 2. The highest BCUT2D eigenvalue weighted by Crippen LogP contribution is 2.37. The van der Waals surface area contributed by atoms with E-state index < -0.39 is 17.7 Å². The predicted octanol–water partition coefficient (Wildman–Crippen LogP) is 3.31. The fourth-order valence-corrected chi connectivity index (χ4v) is 2.90. The number of methoxy groups -OCH3 is 2. The molecule has 0 saturated carbocycles. The molecule has 0 aliphatic carbocycles. The molecule has 29 heavy (non-hydrogen) atoms. The van der Waals surface area contributed by atoms with E-state index in [4.69, 9.17) is 14.2 Å². The lowest BCUT2D eigenvalue weighted by Crippen LogP contribution is -2.09.